The molecule has 0 aliphatic heterocycles. The van der Waals surface area contributed by atoms with E-state index in [1.165, 1.54) is 27.8 Å². The number of benzene rings is 3. The molecule has 0 aliphatic rings. The molecule has 0 saturated heterocycles. The molecule has 0 nitrogen and oxygen atoms in total. The Kier molecular flexibility index (Phi) is 4.54. The van der Waals surface area contributed by atoms with Crippen molar-refractivity contribution in [2.24, 2.45) is 0 Å². The highest BCUT2D eigenvalue weighted by molar-refractivity contribution is 5.87. The van der Waals surface area contributed by atoms with Crippen molar-refractivity contribution < 1.29 is 0 Å². The molecular formula is C23H20. The predicted molar refractivity (Wildman–Crippen MR) is 101 cm³/mol. The molecule has 0 bridgehead atoms. The topological polar surface area (TPSA) is 0 Å². The van der Waals surface area contributed by atoms with Gasteiger partial charge in [-0.15, -0.1) is 0 Å². The molecule has 3 rings (SSSR count). The molecule has 0 heteroatoms. The molecule has 0 fully saturated rings. The summed E-state index contributed by atoms with van der Waals surface area (Å²) < 4.78 is 0. The van der Waals surface area contributed by atoms with Gasteiger partial charge in [-0.05, 0) is 46.4 Å². The van der Waals surface area contributed by atoms with Gasteiger partial charge in [0, 0.05) is 0 Å². The average Bonchev–Trinajstić information content (AvgIpc) is 2.64. The fraction of sp³-hybridized carbons (Fsp3) is 0.0435. The number of hydrogen-bond donors (Lipinski definition) is 0. The number of rotatable bonds is 4. The summed E-state index contributed by atoms with van der Waals surface area (Å²) in [4.78, 5) is 0. The minimum atomic E-state index is 1.16. The summed E-state index contributed by atoms with van der Waals surface area (Å²) in [6.45, 7) is 6.01. The Morgan fingerprint density at radius 1 is 0.739 bits per heavy atom. The van der Waals surface area contributed by atoms with Crippen molar-refractivity contribution >= 4 is 5.57 Å². The van der Waals surface area contributed by atoms with Crippen molar-refractivity contribution in [2.45, 2.75) is 6.92 Å². The molecule has 0 saturated carbocycles. The smallest absolute Gasteiger partial charge is 0.00994 e. The van der Waals surface area contributed by atoms with E-state index in [0.29, 0.717) is 0 Å². The van der Waals surface area contributed by atoms with Crippen LogP contribution in [0.15, 0.2) is 97.6 Å². The average molecular weight is 296 g/mol. The first-order valence-electron chi connectivity index (χ1n) is 7.87. The zero-order valence-corrected chi connectivity index (χ0v) is 13.4. The molecule has 0 heterocycles. The molecule has 0 spiro atoms. The lowest BCUT2D eigenvalue weighted by molar-refractivity contribution is 1.54. The molecule has 0 unspecified atom stereocenters. The van der Waals surface area contributed by atoms with Crippen molar-refractivity contribution in [1.29, 1.82) is 0 Å². The fourth-order valence-corrected chi connectivity index (χ4v) is 2.85. The van der Waals surface area contributed by atoms with Gasteiger partial charge in [0.05, 0.1) is 0 Å². The van der Waals surface area contributed by atoms with Crippen molar-refractivity contribution in [3.05, 3.63) is 103 Å². The van der Waals surface area contributed by atoms with Crippen molar-refractivity contribution in [3.8, 4) is 22.3 Å². The minimum absolute atomic E-state index is 1.16. The van der Waals surface area contributed by atoms with Crippen LogP contribution in [0.2, 0.25) is 0 Å². The van der Waals surface area contributed by atoms with Crippen LogP contribution in [0.5, 0.6) is 0 Å². The van der Waals surface area contributed by atoms with Gasteiger partial charge in [-0.25, -0.2) is 0 Å². The Bertz CT molecular complexity index is 824. The van der Waals surface area contributed by atoms with Crippen LogP contribution in [0.25, 0.3) is 27.8 Å². The third-order valence-corrected chi connectivity index (χ3v) is 4.05. The van der Waals surface area contributed by atoms with Crippen LogP contribution < -0.4 is 0 Å². The quantitative estimate of drug-likeness (QED) is 0.475. The van der Waals surface area contributed by atoms with E-state index in [9.17, 15) is 0 Å². The van der Waals surface area contributed by atoms with Crippen molar-refractivity contribution in [3.63, 3.8) is 0 Å². The summed E-state index contributed by atoms with van der Waals surface area (Å²) in [7, 11) is 0. The summed E-state index contributed by atoms with van der Waals surface area (Å²) in [5.41, 5.74) is 7.29. The second-order valence-corrected chi connectivity index (χ2v) is 5.44. The first-order valence-corrected chi connectivity index (χ1v) is 7.87. The van der Waals surface area contributed by atoms with Crippen LogP contribution in [0.1, 0.15) is 12.5 Å². The maximum atomic E-state index is 3.96. The van der Waals surface area contributed by atoms with Crippen molar-refractivity contribution in [1.82, 2.24) is 0 Å². The van der Waals surface area contributed by atoms with Gasteiger partial charge in [0.25, 0.3) is 0 Å². The van der Waals surface area contributed by atoms with Gasteiger partial charge >= 0.3 is 0 Å². The first-order chi connectivity index (χ1) is 11.3. The molecule has 112 valence electrons. The summed E-state index contributed by atoms with van der Waals surface area (Å²) in [6.07, 6.45) is 4.03. The zero-order chi connectivity index (χ0) is 16.1. The Morgan fingerprint density at radius 2 is 1.35 bits per heavy atom. The monoisotopic (exact) mass is 296 g/mol. The third kappa shape index (κ3) is 3.17. The Hall–Kier alpha value is -2.86. The highest BCUT2D eigenvalue weighted by Gasteiger charge is 2.09. The largest absolute Gasteiger partial charge is 0.0985 e. The van der Waals surface area contributed by atoms with Crippen LogP contribution in [-0.4, -0.2) is 0 Å². The molecule has 0 amide bonds. The van der Waals surface area contributed by atoms with E-state index < -0.39 is 0 Å². The lowest BCUT2D eigenvalue weighted by Crippen LogP contribution is -1.90. The van der Waals surface area contributed by atoms with E-state index in [4.69, 9.17) is 0 Å². The van der Waals surface area contributed by atoms with Crippen molar-refractivity contribution in [2.75, 3.05) is 0 Å². The van der Waals surface area contributed by atoms with Gasteiger partial charge in [-0.1, -0.05) is 91.5 Å². The molecule has 0 atom stereocenters. The van der Waals surface area contributed by atoms with Crippen LogP contribution in [0.4, 0.5) is 0 Å². The van der Waals surface area contributed by atoms with Gasteiger partial charge in [0.15, 0.2) is 0 Å². The van der Waals surface area contributed by atoms with E-state index in [2.05, 4.69) is 86.3 Å². The normalized spacial score (nSPS) is 11.3. The van der Waals surface area contributed by atoms with Gasteiger partial charge in [0.2, 0.25) is 0 Å². The summed E-state index contributed by atoms with van der Waals surface area (Å²) in [5, 5.41) is 0. The van der Waals surface area contributed by atoms with Gasteiger partial charge in [0.1, 0.15) is 0 Å². The Morgan fingerprint density at radius 3 is 1.91 bits per heavy atom. The molecular weight excluding hydrogens is 276 g/mol. The lowest BCUT2D eigenvalue weighted by Gasteiger charge is -2.13. The molecule has 23 heavy (non-hydrogen) atoms. The summed E-state index contributed by atoms with van der Waals surface area (Å²) >= 11 is 0. The second-order valence-electron chi connectivity index (χ2n) is 5.44. The molecule has 3 aromatic carbocycles. The van der Waals surface area contributed by atoms with E-state index in [0.717, 1.165) is 5.57 Å². The summed E-state index contributed by atoms with van der Waals surface area (Å²) in [6, 6.07) is 27.7. The standard InChI is InChI=1S/C23H20/c1-3-18(4-2)22-16-15-21(19-11-7-5-8-12-19)17-23(22)20-13-9-6-10-14-20/h3-17H,1H2,2H3/b18-4+. The summed E-state index contributed by atoms with van der Waals surface area (Å²) in [5.74, 6) is 0. The predicted octanol–water partition coefficient (Wildman–Crippen LogP) is 6.61. The number of hydrogen-bond acceptors (Lipinski definition) is 0. The number of allylic oxidation sites excluding steroid dienone is 3. The van der Waals surface area contributed by atoms with Gasteiger partial charge < -0.3 is 0 Å². The highest BCUT2D eigenvalue weighted by Crippen LogP contribution is 2.33. The Balaban J connectivity index is 2.21. The Labute approximate surface area is 138 Å². The fourth-order valence-electron chi connectivity index (χ4n) is 2.85. The molecule has 0 N–H and O–H groups in total. The van der Waals surface area contributed by atoms with Crippen LogP contribution >= 0.6 is 0 Å². The zero-order valence-electron chi connectivity index (χ0n) is 13.4. The maximum Gasteiger partial charge on any atom is -0.00994 e. The van der Waals surface area contributed by atoms with Crippen LogP contribution in [-0.2, 0) is 0 Å². The van der Waals surface area contributed by atoms with E-state index >= 15 is 0 Å². The molecule has 3 aromatic rings. The van der Waals surface area contributed by atoms with Crippen LogP contribution in [0.3, 0.4) is 0 Å². The van der Waals surface area contributed by atoms with Crippen LogP contribution in [0, 0.1) is 0 Å². The molecule has 0 aliphatic carbocycles. The van der Waals surface area contributed by atoms with Gasteiger partial charge in [-0.3, -0.25) is 0 Å². The first kappa shape index (κ1) is 15.1. The van der Waals surface area contributed by atoms with E-state index in [1.54, 1.807) is 0 Å². The lowest BCUT2D eigenvalue weighted by atomic mass is 9.91. The van der Waals surface area contributed by atoms with E-state index in [-0.39, 0.29) is 0 Å². The van der Waals surface area contributed by atoms with E-state index in [1.807, 2.05) is 18.2 Å². The molecule has 0 aromatic heterocycles. The highest BCUT2D eigenvalue weighted by atomic mass is 14.1. The third-order valence-electron chi connectivity index (χ3n) is 4.05. The van der Waals surface area contributed by atoms with Gasteiger partial charge in [-0.2, -0.15) is 0 Å². The second kappa shape index (κ2) is 6.93. The SMILES string of the molecule is C=C/C(=C\C)c1ccc(-c2ccccc2)cc1-c1ccccc1. The maximum absolute atomic E-state index is 3.96. The molecule has 0 radical (unpaired) electrons. The minimum Gasteiger partial charge on any atom is -0.0985 e.